The van der Waals surface area contributed by atoms with Crippen LogP contribution >= 0.6 is 0 Å². The first-order chi connectivity index (χ1) is 38.1. The molecule has 8 aromatic rings. The average Bonchev–Trinajstić information content (AvgIpc) is 2.19. The van der Waals surface area contributed by atoms with Gasteiger partial charge in [-0.05, 0) is 143 Å². The number of carbonyl (C=O) groups excluding carboxylic acids is 1. The van der Waals surface area contributed by atoms with E-state index in [0.717, 1.165) is 121 Å². The number of nitrogens with zero attached hydrogens (tertiary/aromatic N) is 8. The summed E-state index contributed by atoms with van der Waals surface area (Å²) in [5, 5.41) is 60.4. The van der Waals surface area contributed by atoms with Gasteiger partial charge in [-0.1, -0.05) is 23.6 Å². The molecule has 8 aromatic carbocycles. The summed E-state index contributed by atoms with van der Waals surface area (Å²) in [6, 6.07) is 20.5. The van der Waals surface area contributed by atoms with Crippen LogP contribution in [0.3, 0.4) is 0 Å². The third-order valence-electron chi connectivity index (χ3n) is 10.9. The van der Waals surface area contributed by atoms with Crippen LogP contribution in [-0.4, -0.2) is 83.9 Å². The van der Waals surface area contributed by atoms with E-state index in [9.17, 15) is 92.8 Å². The molecule has 0 atom stereocenters. The highest BCUT2D eigenvalue weighted by atomic mass is 32.2. The maximum absolute atomic E-state index is 13.7. The SMILES string of the molecule is O=C(Nc1ccc2c([O-])c(N=Nc3ccc(N=Nc4ccc(S(=O)(=O)[O-])cc4)cc3S(=O)(=O)[O-])c(S(=O)(=O)O)cc2c1)Nc1ccc2c([O-])c(N=Nc3ccc(N=Nc4ccc(S(=O)(=O)[O-])cc4)cc3S(=O)(=O)[O-])c(S(=O)(=O)O)cc2c1. The minimum absolute atomic E-state index is 0.0000978. The molecule has 82 heavy (non-hydrogen) atoms. The summed E-state index contributed by atoms with van der Waals surface area (Å²) >= 11 is 0. The van der Waals surface area contributed by atoms with Gasteiger partial charge in [-0.2, -0.15) is 37.3 Å². The number of amides is 2. The topological polar surface area (TPSA) is 524 Å². The molecular formula is C45H26N10O21S6-6. The molecule has 0 saturated heterocycles. The van der Waals surface area contributed by atoms with Crippen LogP contribution in [0.15, 0.2) is 204 Å². The van der Waals surface area contributed by atoms with Crippen LogP contribution in [0.1, 0.15) is 0 Å². The second kappa shape index (κ2) is 22.2. The van der Waals surface area contributed by atoms with Crippen molar-refractivity contribution in [1.82, 2.24) is 0 Å². The summed E-state index contributed by atoms with van der Waals surface area (Å²) < 4.78 is 211. The van der Waals surface area contributed by atoms with Crippen molar-refractivity contribution in [2.24, 2.45) is 40.9 Å². The van der Waals surface area contributed by atoms with Crippen molar-refractivity contribution >= 4 is 145 Å². The molecule has 0 unspecified atom stereocenters. The zero-order chi connectivity index (χ0) is 59.9. The van der Waals surface area contributed by atoms with Gasteiger partial charge in [0.15, 0.2) is 0 Å². The van der Waals surface area contributed by atoms with Crippen LogP contribution in [0.5, 0.6) is 11.5 Å². The Bertz CT molecular complexity index is 4530. The van der Waals surface area contributed by atoms with Crippen molar-refractivity contribution in [1.29, 1.82) is 0 Å². The fourth-order valence-corrected chi connectivity index (χ4v) is 10.7. The normalized spacial score (nSPS) is 13.0. The lowest BCUT2D eigenvalue weighted by atomic mass is 10.1. The molecule has 37 heteroatoms. The van der Waals surface area contributed by atoms with E-state index < -0.39 is 130 Å². The van der Waals surface area contributed by atoms with Crippen molar-refractivity contribution in [3.63, 3.8) is 0 Å². The number of anilines is 2. The average molecular weight is 1240 g/mol. The number of hydrogen-bond acceptors (Lipinski definition) is 27. The second-order valence-electron chi connectivity index (χ2n) is 16.4. The fraction of sp³-hybridized carbons (Fsp3) is 0. The molecule has 0 aliphatic rings. The molecule has 0 spiro atoms. The number of rotatable bonds is 16. The lowest BCUT2D eigenvalue weighted by Crippen LogP contribution is -2.19. The Morgan fingerprint density at radius 1 is 0.366 bits per heavy atom. The van der Waals surface area contributed by atoms with Gasteiger partial charge < -0.3 is 39.1 Å². The number of fused-ring (bicyclic) bond motifs is 2. The van der Waals surface area contributed by atoms with Gasteiger partial charge in [0, 0.05) is 11.4 Å². The van der Waals surface area contributed by atoms with Gasteiger partial charge in [0.25, 0.3) is 20.2 Å². The maximum Gasteiger partial charge on any atom is 0.323 e. The van der Waals surface area contributed by atoms with Crippen LogP contribution in [0.2, 0.25) is 0 Å². The summed E-state index contributed by atoms with van der Waals surface area (Å²) in [4.78, 5) is 7.61. The zero-order valence-corrected chi connectivity index (χ0v) is 44.8. The Balaban J connectivity index is 1.02. The predicted molar refractivity (Wildman–Crippen MR) is 273 cm³/mol. The van der Waals surface area contributed by atoms with Crippen LogP contribution < -0.4 is 20.8 Å². The third kappa shape index (κ3) is 13.8. The number of hydrogen-bond donors (Lipinski definition) is 4. The number of carbonyl (C=O) groups is 1. The second-order valence-corrected chi connectivity index (χ2v) is 24.6. The first kappa shape index (κ1) is 59.1. The van der Waals surface area contributed by atoms with E-state index >= 15 is 0 Å². The largest absolute Gasteiger partial charge is 0.871 e. The summed E-state index contributed by atoms with van der Waals surface area (Å²) in [6.07, 6.45) is 0. The van der Waals surface area contributed by atoms with E-state index in [1.807, 2.05) is 0 Å². The zero-order valence-electron chi connectivity index (χ0n) is 39.9. The molecule has 4 N–H and O–H groups in total. The van der Waals surface area contributed by atoms with Gasteiger partial charge in [-0.3, -0.25) is 9.11 Å². The minimum Gasteiger partial charge on any atom is -0.871 e. The number of benzene rings is 8. The van der Waals surface area contributed by atoms with Gasteiger partial charge in [0.05, 0.1) is 53.7 Å². The third-order valence-corrected chi connectivity index (χ3v) is 16.1. The monoisotopic (exact) mass is 1230 g/mol. The molecule has 8 rings (SSSR count). The first-order valence-electron chi connectivity index (χ1n) is 21.7. The van der Waals surface area contributed by atoms with Crippen molar-refractivity contribution in [3.8, 4) is 11.5 Å². The Morgan fingerprint density at radius 2 is 0.695 bits per heavy atom. The highest BCUT2D eigenvalue weighted by molar-refractivity contribution is 7.87. The lowest BCUT2D eigenvalue weighted by molar-refractivity contribution is -0.265. The quantitative estimate of drug-likeness (QED) is 0.0535. The van der Waals surface area contributed by atoms with Gasteiger partial charge in [0.2, 0.25) is 0 Å². The molecule has 0 saturated carbocycles. The maximum atomic E-state index is 13.7. The van der Waals surface area contributed by atoms with Gasteiger partial charge in [-0.15, -0.1) is 20.5 Å². The molecule has 424 valence electrons. The van der Waals surface area contributed by atoms with E-state index in [0.29, 0.717) is 12.1 Å². The van der Waals surface area contributed by atoms with E-state index in [4.69, 9.17) is 0 Å². The Labute approximate surface area is 461 Å². The lowest BCUT2D eigenvalue weighted by Gasteiger charge is -2.18. The van der Waals surface area contributed by atoms with E-state index in [1.165, 1.54) is 0 Å². The smallest absolute Gasteiger partial charge is 0.323 e. The first-order valence-corrected chi connectivity index (χ1v) is 30.2. The Morgan fingerprint density at radius 3 is 1.01 bits per heavy atom. The van der Waals surface area contributed by atoms with Crippen molar-refractivity contribution in [3.05, 3.63) is 133 Å². The summed E-state index contributed by atoms with van der Waals surface area (Å²) in [7, 11) is -31.1. The molecule has 0 aliphatic carbocycles. The molecule has 0 aromatic heterocycles. The summed E-state index contributed by atoms with van der Waals surface area (Å²) in [5.41, 5.74) is -4.37. The van der Waals surface area contributed by atoms with Gasteiger partial charge in [-0.25, -0.2) is 38.5 Å². The van der Waals surface area contributed by atoms with Gasteiger partial charge in [0.1, 0.15) is 61.6 Å². The summed E-state index contributed by atoms with van der Waals surface area (Å²) in [5.74, 6) is -2.41. The Kier molecular flexibility index (Phi) is 16.0. The highest BCUT2D eigenvalue weighted by Gasteiger charge is 2.22. The fourth-order valence-electron chi connectivity index (χ4n) is 7.20. The molecular weight excluding hydrogens is 1210 g/mol. The summed E-state index contributed by atoms with van der Waals surface area (Å²) in [6.45, 7) is 0. The van der Waals surface area contributed by atoms with Crippen LogP contribution in [0, 0.1) is 0 Å². The van der Waals surface area contributed by atoms with Crippen LogP contribution in [-0.2, 0) is 60.7 Å². The molecule has 0 fully saturated rings. The molecule has 0 bridgehead atoms. The molecule has 31 nitrogen and oxygen atoms in total. The van der Waals surface area contributed by atoms with Crippen molar-refractivity contribution in [2.45, 2.75) is 29.4 Å². The number of nitrogens with one attached hydrogen (secondary N) is 2. The van der Waals surface area contributed by atoms with E-state index in [-0.39, 0.29) is 55.7 Å². The van der Waals surface area contributed by atoms with E-state index in [1.54, 1.807) is 0 Å². The molecule has 2 amide bonds. The van der Waals surface area contributed by atoms with Crippen LogP contribution in [0.25, 0.3) is 21.5 Å². The molecule has 0 heterocycles. The van der Waals surface area contributed by atoms with Crippen LogP contribution in [0.4, 0.5) is 61.7 Å². The molecule has 0 aliphatic heterocycles. The van der Waals surface area contributed by atoms with E-state index in [2.05, 4.69) is 51.5 Å². The van der Waals surface area contributed by atoms with Gasteiger partial charge >= 0.3 is 6.03 Å². The number of urea groups is 1. The molecule has 0 radical (unpaired) electrons. The Hall–Kier alpha value is -8.99. The van der Waals surface area contributed by atoms with Crippen molar-refractivity contribution < 1.29 is 92.8 Å². The highest BCUT2D eigenvalue weighted by Crippen LogP contribution is 2.43. The number of azo groups is 4. The standard InChI is InChI=1S/C45H32N10O21S6/c56-43-33-13-5-27(17-23(33)19-39(81(71,72)73)41(43)54-52-35-15-7-29(21-37(35)79(65,66)67)50-48-25-1-9-31(10-2-25)77(59,60)61)46-45(58)47-28-6-14-34-24(18-28)20-40(82(74,75)76)42(44(34)57)55-53-36-16-8-30(22-38(36)80(68,69)70)51-49-26-3-11-32(12-4-26)78(62,63)64/h1-22,56-57H,(H2,46,47,58)(H,59,60,61)(H,62,63,64)(H,65,66,67)(H,68,69,70)(H,71,72,73)(H,74,75,76)/p-6. The predicted octanol–water partition coefficient (Wildman–Crippen LogP) is 7.56. The minimum atomic E-state index is -5.41. The van der Waals surface area contributed by atoms with Crippen molar-refractivity contribution in [2.75, 3.05) is 10.6 Å².